The number of allylic oxidation sites excluding steroid dienone is 2. The fourth-order valence-corrected chi connectivity index (χ4v) is 29.7. The molecule has 177 valence electrons. The van der Waals surface area contributed by atoms with E-state index in [1.807, 2.05) is 0 Å². The first kappa shape index (κ1) is 23.8. The van der Waals surface area contributed by atoms with Gasteiger partial charge in [-0.2, -0.15) is 0 Å². The molecule has 0 aliphatic heterocycles. The maximum absolute atomic E-state index is 2.64. The first-order valence-electron chi connectivity index (χ1n) is 13.1. The molecule has 0 amide bonds. The van der Waals surface area contributed by atoms with Crippen LogP contribution in [0.4, 0.5) is 0 Å². The van der Waals surface area contributed by atoms with Crippen LogP contribution >= 0.6 is 0 Å². The van der Waals surface area contributed by atoms with E-state index in [0.29, 0.717) is 7.25 Å². The van der Waals surface area contributed by atoms with E-state index in [4.69, 9.17) is 0 Å². The van der Waals surface area contributed by atoms with E-state index < -0.39 is 26.8 Å². The number of rotatable bonds is 5. The zero-order valence-corrected chi connectivity index (χ0v) is 25.2. The predicted molar refractivity (Wildman–Crippen MR) is 155 cm³/mol. The van der Waals surface area contributed by atoms with Crippen LogP contribution in [0.5, 0.6) is 0 Å². The third-order valence-corrected chi connectivity index (χ3v) is 30.2. The van der Waals surface area contributed by atoms with Crippen molar-refractivity contribution >= 4 is 18.1 Å². The molecule has 0 aromatic heterocycles. The van der Waals surface area contributed by atoms with Crippen molar-refractivity contribution in [2.24, 2.45) is 0 Å². The van der Waals surface area contributed by atoms with Crippen LogP contribution in [0.25, 0.3) is 34.4 Å². The van der Waals surface area contributed by atoms with Crippen molar-refractivity contribution in [3.63, 3.8) is 0 Å². The zero-order chi connectivity index (χ0) is 24.8. The Kier molecular flexibility index (Phi) is 6.44. The van der Waals surface area contributed by atoms with Crippen LogP contribution in [0.3, 0.4) is 0 Å². The van der Waals surface area contributed by atoms with E-state index in [2.05, 4.69) is 136 Å². The molecule has 2 aliphatic rings. The van der Waals surface area contributed by atoms with E-state index in [9.17, 15) is 0 Å². The summed E-state index contributed by atoms with van der Waals surface area (Å²) >= 11 is -1.94. The van der Waals surface area contributed by atoms with Crippen LogP contribution in [-0.2, 0) is 20.9 Å². The van der Waals surface area contributed by atoms with E-state index in [1.165, 1.54) is 33.4 Å². The standard InChI is InChI=1S/2C16H13.C2H7Si.Zr/c2*1-12-9-14-7-8-15(11-16(14)10-12)13-5-3-2-4-6-13;1-3-2;/h2*2-11H,1H3;3H,1-2H3;. The molecule has 4 aromatic carbocycles. The molecule has 0 heterocycles. The van der Waals surface area contributed by atoms with Gasteiger partial charge in [-0.05, 0) is 0 Å². The maximum atomic E-state index is 2.64. The molecule has 4 aromatic rings. The summed E-state index contributed by atoms with van der Waals surface area (Å²) in [5, 5.41) is 0. The average molecular weight is 561 g/mol. The fourth-order valence-electron chi connectivity index (χ4n) is 6.41. The van der Waals surface area contributed by atoms with Gasteiger partial charge in [-0.15, -0.1) is 0 Å². The van der Waals surface area contributed by atoms with Gasteiger partial charge < -0.3 is 0 Å². The van der Waals surface area contributed by atoms with Gasteiger partial charge in [0.15, 0.2) is 0 Å². The van der Waals surface area contributed by atoms with Gasteiger partial charge in [0, 0.05) is 0 Å². The van der Waals surface area contributed by atoms with Gasteiger partial charge in [0.05, 0.1) is 0 Å². The van der Waals surface area contributed by atoms with Gasteiger partial charge in [0.1, 0.15) is 0 Å². The second-order valence-corrected chi connectivity index (χ2v) is 30.8. The van der Waals surface area contributed by atoms with Crippen LogP contribution in [0.15, 0.2) is 108 Å². The van der Waals surface area contributed by atoms with Crippen LogP contribution in [0, 0.1) is 0 Å². The molecule has 0 fully saturated rings. The minimum absolute atomic E-state index is 0.701. The number of fused-ring (bicyclic) bond motifs is 2. The molecular formula is C34H33SiZr. The van der Waals surface area contributed by atoms with E-state index in [0.717, 1.165) is 0 Å². The van der Waals surface area contributed by atoms with Crippen LogP contribution in [0.1, 0.15) is 43.4 Å². The Morgan fingerprint density at radius 2 is 0.944 bits per heavy atom. The van der Waals surface area contributed by atoms with Gasteiger partial charge >= 0.3 is 226 Å². The third kappa shape index (κ3) is 4.19. The first-order chi connectivity index (χ1) is 17.5. The molecular weight excluding hydrogens is 528 g/mol. The summed E-state index contributed by atoms with van der Waals surface area (Å²) in [5.74, 6) is -0.815. The summed E-state index contributed by atoms with van der Waals surface area (Å²) in [6.45, 7) is 10.1. The summed E-state index contributed by atoms with van der Waals surface area (Å²) < 4.78 is 1.40. The van der Waals surface area contributed by atoms with E-state index in [1.54, 1.807) is 22.3 Å². The predicted octanol–water partition coefficient (Wildman–Crippen LogP) is 9.24. The molecule has 0 bridgehead atoms. The van der Waals surface area contributed by atoms with E-state index >= 15 is 0 Å². The molecule has 0 saturated carbocycles. The van der Waals surface area contributed by atoms with Gasteiger partial charge in [-0.25, -0.2) is 0 Å². The van der Waals surface area contributed by atoms with Crippen molar-refractivity contribution in [1.29, 1.82) is 0 Å². The third-order valence-electron chi connectivity index (χ3n) is 8.02. The number of hydrogen-bond donors (Lipinski definition) is 0. The molecule has 0 N–H and O–H groups in total. The van der Waals surface area contributed by atoms with Crippen LogP contribution in [-0.4, -0.2) is 5.92 Å². The quantitative estimate of drug-likeness (QED) is 0.213. The summed E-state index contributed by atoms with van der Waals surface area (Å²) in [4.78, 5) is 0. The molecule has 0 nitrogen and oxygen atoms in total. The molecule has 2 unspecified atom stereocenters. The molecule has 2 atom stereocenters. The topological polar surface area (TPSA) is 0 Å². The Morgan fingerprint density at radius 3 is 1.33 bits per heavy atom. The zero-order valence-electron chi connectivity index (χ0n) is 21.6. The molecule has 36 heavy (non-hydrogen) atoms. The molecule has 2 aliphatic carbocycles. The van der Waals surface area contributed by atoms with Crippen molar-refractivity contribution in [2.75, 3.05) is 0 Å². The average Bonchev–Trinajstić information content (AvgIpc) is 3.40. The Morgan fingerprint density at radius 1 is 0.528 bits per heavy atom. The van der Waals surface area contributed by atoms with Gasteiger partial charge in [-0.3, -0.25) is 0 Å². The van der Waals surface area contributed by atoms with Gasteiger partial charge in [-0.1, -0.05) is 0 Å². The Bertz CT molecular complexity index is 1370. The monoisotopic (exact) mass is 559 g/mol. The second kappa shape index (κ2) is 9.73. The van der Waals surface area contributed by atoms with Gasteiger partial charge in [0.25, 0.3) is 0 Å². The summed E-state index contributed by atoms with van der Waals surface area (Å²) in [6, 6.07) is 36.2. The molecule has 0 spiro atoms. The Balaban J connectivity index is 1.39. The van der Waals surface area contributed by atoms with Crippen molar-refractivity contribution in [3.8, 4) is 22.3 Å². The second-order valence-electron chi connectivity index (χ2n) is 10.7. The molecule has 0 radical (unpaired) electrons. The SMILES string of the molecule is CC1=Cc2cc(-c3ccccc3)ccc2[CH]1[Zr]([CH]1C(C)=Cc2cc(-c3ccccc3)ccc21)[SiH](C)C. The van der Waals surface area contributed by atoms with Crippen molar-refractivity contribution < 1.29 is 20.9 Å². The van der Waals surface area contributed by atoms with Gasteiger partial charge in [0.2, 0.25) is 0 Å². The van der Waals surface area contributed by atoms with Crippen molar-refractivity contribution in [3.05, 3.63) is 130 Å². The molecule has 6 rings (SSSR count). The summed E-state index contributed by atoms with van der Waals surface area (Å²) in [6.07, 6.45) is 5.02. The Hall–Kier alpha value is -2.54. The van der Waals surface area contributed by atoms with Crippen LogP contribution in [0.2, 0.25) is 13.1 Å². The first-order valence-corrected chi connectivity index (χ1v) is 23.1. The normalized spacial score (nSPS) is 18.0. The van der Waals surface area contributed by atoms with Crippen LogP contribution < -0.4 is 0 Å². The fraction of sp³-hybridized carbons (Fsp3) is 0.176. The number of hydrogen-bond acceptors (Lipinski definition) is 0. The number of benzene rings is 4. The molecule has 2 heteroatoms. The minimum atomic E-state index is -1.94. The molecule has 0 saturated heterocycles. The van der Waals surface area contributed by atoms with Crippen molar-refractivity contribution in [2.45, 2.75) is 34.2 Å². The van der Waals surface area contributed by atoms with E-state index in [-0.39, 0.29) is 0 Å². The van der Waals surface area contributed by atoms with Crippen molar-refractivity contribution in [1.82, 2.24) is 0 Å². The summed E-state index contributed by atoms with van der Waals surface area (Å²) in [7, 11) is 0. The Labute approximate surface area is 224 Å². The summed E-state index contributed by atoms with van der Waals surface area (Å²) in [5.41, 5.74) is 14.7.